The highest BCUT2D eigenvalue weighted by Crippen LogP contribution is 2.26. The first kappa shape index (κ1) is 7.59. The van der Waals surface area contributed by atoms with Crippen LogP contribution in [0.5, 0.6) is 0 Å². The summed E-state index contributed by atoms with van der Waals surface area (Å²) in [7, 11) is 0. The van der Waals surface area contributed by atoms with E-state index in [1.807, 2.05) is 0 Å². The van der Waals surface area contributed by atoms with Gasteiger partial charge in [-0.25, -0.2) is 0 Å². The zero-order chi connectivity index (χ0) is 8.55. The van der Waals surface area contributed by atoms with Crippen LogP contribution >= 0.6 is 0 Å². The third-order valence-electron chi connectivity index (χ3n) is 2.69. The van der Waals surface area contributed by atoms with Gasteiger partial charge in [0, 0.05) is 5.69 Å². The standard InChI is InChI=1S/C10H13NO/c1-7-8-4-2-3-5-9(8)10(6-12)11-7/h6,11H,2-5H2,1H3. The number of aldehydes is 1. The van der Waals surface area contributed by atoms with Crippen LogP contribution in [0.2, 0.25) is 0 Å². The van der Waals surface area contributed by atoms with Crippen molar-refractivity contribution in [2.24, 2.45) is 0 Å². The van der Waals surface area contributed by atoms with Crippen LogP contribution in [0.15, 0.2) is 0 Å². The van der Waals surface area contributed by atoms with Crippen LogP contribution in [0.3, 0.4) is 0 Å². The molecule has 0 atom stereocenters. The predicted octanol–water partition coefficient (Wildman–Crippen LogP) is 2.01. The number of aromatic amines is 1. The molecule has 1 aliphatic rings. The molecule has 12 heavy (non-hydrogen) atoms. The molecule has 2 heteroatoms. The number of carbonyl (C=O) groups excluding carboxylic acids is 1. The number of fused-ring (bicyclic) bond motifs is 1. The molecule has 0 aromatic carbocycles. The summed E-state index contributed by atoms with van der Waals surface area (Å²) in [6.45, 7) is 2.05. The van der Waals surface area contributed by atoms with Crippen LogP contribution in [0.4, 0.5) is 0 Å². The number of H-pyrrole nitrogens is 1. The number of rotatable bonds is 1. The van der Waals surface area contributed by atoms with E-state index in [1.165, 1.54) is 29.7 Å². The summed E-state index contributed by atoms with van der Waals surface area (Å²) < 4.78 is 0. The van der Waals surface area contributed by atoms with Crippen LogP contribution in [0, 0.1) is 6.92 Å². The molecule has 0 bridgehead atoms. The predicted molar refractivity (Wildman–Crippen MR) is 47.6 cm³/mol. The molecule has 1 N–H and O–H groups in total. The van der Waals surface area contributed by atoms with E-state index in [4.69, 9.17) is 0 Å². The molecule has 0 unspecified atom stereocenters. The Hall–Kier alpha value is -1.05. The Morgan fingerprint density at radius 2 is 1.92 bits per heavy atom. The number of hydrogen-bond acceptors (Lipinski definition) is 1. The van der Waals surface area contributed by atoms with Crippen molar-refractivity contribution in [1.29, 1.82) is 0 Å². The smallest absolute Gasteiger partial charge is 0.166 e. The van der Waals surface area contributed by atoms with Crippen molar-refractivity contribution in [2.45, 2.75) is 32.6 Å². The quantitative estimate of drug-likeness (QED) is 0.631. The van der Waals surface area contributed by atoms with Gasteiger partial charge >= 0.3 is 0 Å². The summed E-state index contributed by atoms with van der Waals surface area (Å²) in [5.41, 5.74) is 4.66. The fourth-order valence-electron chi connectivity index (χ4n) is 2.07. The Kier molecular flexibility index (Phi) is 1.75. The third-order valence-corrected chi connectivity index (χ3v) is 2.69. The largest absolute Gasteiger partial charge is 0.356 e. The zero-order valence-electron chi connectivity index (χ0n) is 7.31. The molecule has 64 valence electrons. The van der Waals surface area contributed by atoms with Gasteiger partial charge in [0.05, 0.1) is 5.69 Å². The van der Waals surface area contributed by atoms with E-state index in [2.05, 4.69) is 11.9 Å². The maximum absolute atomic E-state index is 10.7. The zero-order valence-corrected chi connectivity index (χ0v) is 7.31. The molecule has 0 amide bonds. The minimum atomic E-state index is 0.808. The number of nitrogens with one attached hydrogen (secondary N) is 1. The highest BCUT2D eigenvalue weighted by molar-refractivity contribution is 5.76. The number of aromatic nitrogens is 1. The lowest BCUT2D eigenvalue weighted by Gasteiger charge is -2.11. The molecule has 0 fully saturated rings. The summed E-state index contributed by atoms with van der Waals surface area (Å²) in [6.07, 6.45) is 5.66. The molecular weight excluding hydrogens is 150 g/mol. The molecule has 2 rings (SSSR count). The second kappa shape index (κ2) is 2.77. The molecule has 0 spiro atoms. The Balaban J connectivity index is 2.53. The van der Waals surface area contributed by atoms with Crippen molar-refractivity contribution in [3.05, 3.63) is 22.5 Å². The van der Waals surface area contributed by atoms with Crippen molar-refractivity contribution in [3.63, 3.8) is 0 Å². The van der Waals surface area contributed by atoms with E-state index in [1.54, 1.807) is 0 Å². The van der Waals surface area contributed by atoms with Crippen molar-refractivity contribution >= 4 is 6.29 Å². The van der Waals surface area contributed by atoms with Crippen molar-refractivity contribution < 1.29 is 4.79 Å². The maximum atomic E-state index is 10.7. The van der Waals surface area contributed by atoms with Crippen LogP contribution in [-0.2, 0) is 12.8 Å². The first-order valence-corrected chi connectivity index (χ1v) is 4.48. The second-order valence-corrected chi connectivity index (χ2v) is 3.45. The van der Waals surface area contributed by atoms with Crippen molar-refractivity contribution in [1.82, 2.24) is 4.98 Å². The van der Waals surface area contributed by atoms with Gasteiger partial charge in [-0.05, 0) is 43.7 Å². The molecule has 0 radical (unpaired) electrons. The van der Waals surface area contributed by atoms with Crippen LogP contribution in [-0.4, -0.2) is 11.3 Å². The van der Waals surface area contributed by atoms with E-state index in [-0.39, 0.29) is 0 Å². The molecule has 1 aromatic heterocycles. The fraction of sp³-hybridized carbons (Fsp3) is 0.500. The van der Waals surface area contributed by atoms with Gasteiger partial charge in [-0.15, -0.1) is 0 Å². The minimum Gasteiger partial charge on any atom is -0.356 e. The fourth-order valence-corrected chi connectivity index (χ4v) is 2.07. The monoisotopic (exact) mass is 163 g/mol. The molecular formula is C10H13NO. The summed E-state index contributed by atoms with van der Waals surface area (Å²) in [4.78, 5) is 13.8. The summed E-state index contributed by atoms with van der Waals surface area (Å²) in [5.74, 6) is 0. The van der Waals surface area contributed by atoms with Crippen LogP contribution in [0.1, 0.15) is 40.2 Å². The van der Waals surface area contributed by atoms with Gasteiger partial charge in [-0.3, -0.25) is 4.79 Å². The Morgan fingerprint density at radius 3 is 2.58 bits per heavy atom. The molecule has 0 aliphatic heterocycles. The lowest BCUT2D eigenvalue weighted by atomic mass is 9.92. The number of aryl methyl sites for hydroxylation is 1. The lowest BCUT2D eigenvalue weighted by Crippen LogP contribution is -2.01. The highest BCUT2D eigenvalue weighted by atomic mass is 16.1. The van der Waals surface area contributed by atoms with Gasteiger partial charge in [-0.2, -0.15) is 0 Å². The van der Waals surface area contributed by atoms with E-state index < -0.39 is 0 Å². The first-order chi connectivity index (χ1) is 5.83. The SMILES string of the molecule is Cc1[nH]c(C=O)c2c1CCCC2. The van der Waals surface area contributed by atoms with Crippen LogP contribution < -0.4 is 0 Å². The van der Waals surface area contributed by atoms with Crippen molar-refractivity contribution in [2.75, 3.05) is 0 Å². The van der Waals surface area contributed by atoms with Gasteiger partial charge in [0.2, 0.25) is 0 Å². The number of carbonyl (C=O) groups is 1. The van der Waals surface area contributed by atoms with Crippen molar-refractivity contribution in [3.8, 4) is 0 Å². The van der Waals surface area contributed by atoms with E-state index >= 15 is 0 Å². The Morgan fingerprint density at radius 1 is 1.25 bits per heavy atom. The Labute approximate surface area is 72.0 Å². The third kappa shape index (κ3) is 0.986. The summed E-state index contributed by atoms with van der Waals surface area (Å²) >= 11 is 0. The van der Waals surface area contributed by atoms with E-state index in [0.717, 1.165) is 24.8 Å². The molecule has 0 saturated heterocycles. The molecule has 1 aliphatic carbocycles. The summed E-state index contributed by atoms with van der Waals surface area (Å²) in [5, 5.41) is 0. The van der Waals surface area contributed by atoms with E-state index in [0.29, 0.717) is 0 Å². The van der Waals surface area contributed by atoms with Crippen LogP contribution in [0.25, 0.3) is 0 Å². The average Bonchev–Trinajstić information content (AvgIpc) is 2.44. The lowest BCUT2D eigenvalue weighted by molar-refractivity contribution is 0.111. The molecule has 1 aromatic rings. The maximum Gasteiger partial charge on any atom is 0.166 e. The first-order valence-electron chi connectivity index (χ1n) is 4.48. The second-order valence-electron chi connectivity index (χ2n) is 3.45. The minimum absolute atomic E-state index is 0.808. The number of hydrogen-bond donors (Lipinski definition) is 1. The highest BCUT2D eigenvalue weighted by Gasteiger charge is 2.17. The molecule has 2 nitrogen and oxygen atoms in total. The van der Waals surface area contributed by atoms with Gasteiger partial charge in [-0.1, -0.05) is 0 Å². The topological polar surface area (TPSA) is 32.9 Å². The van der Waals surface area contributed by atoms with Gasteiger partial charge in [0.15, 0.2) is 6.29 Å². The van der Waals surface area contributed by atoms with Gasteiger partial charge < -0.3 is 4.98 Å². The average molecular weight is 163 g/mol. The molecule has 0 saturated carbocycles. The Bertz CT molecular complexity index is 312. The van der Waals surface area contributed by atoms with Gasteiger partial charge in [0.1, 0.15) is 0 Å². The summed E-state index contributed by atoms with van der Waals surface area (Å²) in [6, 6.07) is 0. The normalized spacial score (nSPS) is 15.8. The van der Waals surface area contributed by atoms with E-state index in [9.17, 15) is 4.79 Å². The van der Waals surface area contributed by atoms with Gasteiger partial charge in [0.25, 0.3) is 0 Å². The molecule has 1 heterocycles.